The summed E-state index contributed by atoms with van der Waals surface area (Å²) in [7, 11) is 0. The second-order valence-electron chi connectivity index (χ2n) is 4.22. The molecule has 92 valence electrons. The highest BCUT2D eigenvalue weighted by Gasteiger charge is 2.13. The zero-order valence-electron chi connectivity index (χ0n) is 10.4. The maximum Gasteiger partial charge on any atom is 0.267 e. The van der Waals surface area contributed by atoms with E-state index in [1.807, 2.05) is 18.4 Å². The van der Waals surface area contributed by atoms with Crippen molar-refractivity contribution in [2.75, 3.05) is 12.3 Å². The fraction of sp³-hybridized carbons (Fsp3) is 0.462. The summed E-state index contributed by atoms with van der Waals surface area (Å²) in [4.78, 5) is 11.9. The molecule has 0 aliphatic heterocycles. The van der Waals surface area contributed by atoms with Crippen LogP contribution in [0.25, 0.3) is 0 Å². The molecule has 17 heavy (non-hydrogen) atoms. The first kappa shape index (κ1) is 13.2. The first-order valence-corrected chi connectivity index (χ1v) is 5.75. The first-order chi connectivity index (χ1) is 8.06. The van der Waals surface area contributed by atoms with Gasteiger partial charge in [-0.3, -0.25) is 4.79 Å². The van der Waals surface area contributed by atoms with E-state index < -0.39 is 0 Å². The lowest BCUT2D eigenvalue weighted by atomic mass is 10.3. The molecule has 0 aliphatic rings. The van der Waals surface area contributed by atoms with Crippen LogP contribution in [0, 0.1) is 12.3 Å². The predicted molar refractivity (Wildman–Crippen MR) is 69.6 cm³/mol. The van der Waals surface area contributed by atoms with Gasteiger partial charge in [-0.15, -0.1) is 12.3 Å². The number of nitrogens with zero attached hydrogens (tertiary/aromatic N) is 1. The largest absolute Gasteiger partial charge is 0.397 e. The average molecular weight is 233 g/mol. The molecule has 1 rings (SSSR count). The van der Waals surface area contributed by atoms with E-state index in [9.17, 15) is 4.79 Å². The smallest absolute Gasteiger partial charge is 0.267 e. The fourth-order valence-electron chi connectivity index (χ4n) is 1.59. The van der Waals surface area contributed by atoms with Crippen LogP contribution in [0.4, 0.5) is 5.69 Å². The van der Waals surface area contributed by atoms with Crippen molar-refractivity contribution in [3.63, 3.8) is 0 Å². The lowest BCUT2D eigenvalue weighted by Crippen LogP contribution is -2.27. The summed E-state index contributed by atoms with van der Waals surface area (Å²) in [5, 5.41) is 2.83. The Labute approximate surface area is 102 Å². The average Bonchev–Trinajstić information content (AvgIpc) is 2.66. The molecule has 1 aromatic heterocycles. The van der Waals surface area contributed by atoms with Gasteiger partial charge in [0.05, 0.1) is 5.69 Å². The molecule has 3 N–H and O–H groups in total. The Kier molecular flexibility index (Phi) is 4.65. The lowest BCUT2D eigenvalue weighted by molar-refractivity contribution is 0.0942. The number of unbranched alkanes of at least 4 members (excludes halogenated alkanes) is 1. The highest BCUT2D eigenvalue weighted by atomic mass is 16.1. The molecule has 4 nitrogen and oxygen atoms in total. The number of terminal acetylenes is 1. The van der Waals surface area contributed by atoms with E-state index in [1.165, 1.54) is 0 Å². The van der Waals surface area contributed by atoms with Crippen LogP contribution >= 0.6 is 0 Å². The summed E-state index contributed by atoms with van der Waals surface area (Å²) < 4.78 is 1.87. The monoisotopic (exact) mass is 233 g/mol. The van der Waals surface area contributed by atoms with Crippen molar-refractivity contribution in [2.45, 2.75) is 32.7 Å². The third-order valence-electron chi connectivity index (χ3n) is 2.44. The fourth-order valence-corrected chi connectivity index (χ4v) is 1.59. The van der Waals surface area contributed by atoms with E-state index in [4.69, 9.17) is 12.2 Å². The molecule has 1 amide bonds. The van der Waals surface area contributed by atoms with Gasteiger partial charge in [-0.1, -0.05) is 0 Å². The summed E-state index contributed by atoms with van der Waals surface area (Å²) in [5.41, 5.74) is 6.90. The van der Waals surface area contributed by atoms with Crippen molar-refractivity contribution < 1.29 is 4.79 Å². The van der Waals surface area contributed by atoms with Crippen LogP contribution in [0.5, 0.6) is 0 Å². The van der Waals surface area contributed by atoms with Gasteiger partial charge in [0.15, 0.2) is 0 Å². The van der Waals surface area contributed by atoms with Crippen LogP contribution < -0.4 is 11.1 Å². The summed E-state index contributed by atoms with van der Waals surface area (Å²) in [6.07, 6.45) is 8.39. The molecule has 0 unspecified atom stereocenters. The van der Waals surface area contributed by atoms with E-state index in [2.05, 4.69) is 11.2 Å². The molecule has 0 aliphatic carbocycles. The number of nitrogens with one attached hydrogen (secondary N) is 1. The van der Waals surface area contributed by atoms with Crippen LogP contribution in [0.3, 0.4) is 0 Å². The van der Waals surface area contributed by atoms with Crippen molar-refractivity contribution in [3.8, 4) is 12.3 Å². The second kappa shape index (κ2) is 6.00. The molecule has 0 saturated carbocycles. The van der Waals surface area contributed by atoms with Gasteiger partial charge in [-0.25, -0.2) is 0 Å². The molecule has 1 aromatic rings. The number of hydrogen-bond acceptors (Lipinski definition) is 2. The highest BCUT2D eigenvalue weighted by molar-refractivity contribution is 5.93. The number of rotatable bonds is 5. The Bertz CT molecular complexity index is 426. The first-order valence-electron chi connectivity index (χ1n) is 5.75. The van der Waals surface area contributed by atoms with Crippen molar-refractivity contribution in [3.05, 3.63) is 18.0 Å². The molecule has 0 aromatic carbocycles. The minimum absolute atomic E-state index is 0.104. The summed E-state index contributed by atoms with van der Waals surface area (Å²) in [5.74, 6) is 2.43. The minimum atomic E-state index is -0.104. The van der Waals surface area contributed by atoms with Gasteiger partial charge in [0.1, 0.15) is 5.69 Å². The highest BCUT2D eigenvalue weighted by Crippen LogP contribution is 2.16. The van der Waals surface area contributed by atoms with Crippen LogP contribution in [0.15, 0.2) is 12.3 Å². The Balaban J connectivity index is 2.65. The van der Waals surface area contributed by atoms with Gasteiger partial charge in [0.25, 0.3) is 5.91 Å². The summed E-state index contributed by atoms with van der Waals surface area (Å²) in [6.45, 7) is 4.61. The number of hydrogen-bond donors (Lipinski definition) is 2. The van der Waals surface area contributed by atoms with Gasteiger partial charge >= 0.3 is 0 Å². The minimum Gasteiger partial charge on any atom is -0.397 e. The molecule has 0 atom stereocenters. The maximum absolute atomic E-state index is 11.9. The van der Waals surface area contributed by atoms with Gasteiger partial charge in [-0.2, -0.15) is 0 Å². The molecule has 0 fully saturated rings. The molecule has 0 saturated heterocycles. The number of aromatic nitrogens is 1. The Morgan fingerprint density at radius 1 is 1.65 bits per heavy atom. The molecule has 0 bridgehead atoms. The molecule has 0 radical (unpaired) electrons. The van der Waals surface area contributed by atoms with Crippen molar-refractivity contribution >= 4 is 11.6 Å². The van der Waals surface area contributed by atoms with Crippen molar-refractivity contribution in [2.24, 2.45) is 0 Å². The third-order valence-corrected chi connectivity index (χ3v) is 2.44. The van der Waals surface area contributed by atoms with Crippen LogP contribution in [0.1, 0.15) is 43.2 Å². The van der Waals surface area contributed by atoms with Gasteiger partial charge < -0.3 is 15.6 Å². The normalized spacial score (nSPS) is 10.2. The van der Waals surface area contributed by atoms with E-state index in [-0.39, 0.29) is 11.9 Å². The van der Waals surface area contributed by atoms with Crippen LogP contribution in [0.2, 0.25) is 0 Å². The number of nitrogen functional groups attached to an aromatic ring is 1. The van der Waals surface area contributed by atoms with Gasteiger partial charge in [0, 0.05) is 25.2 Å². The predicted octanol–water partition coefficient (Wildman–Crippen LogP) is 1.79. The lowest BCUT2D eigenvalue weighted by Gasteiger charge is -2.12. The van der Waals surface area contributed by atoms with Crippen molar-refractivity contribution in [1.82, 2.24) is 9.88 Å². The Hall–Kier alpha value is -1.89. The number of anilines is 1. The molecular weight excluding hydrogens is 214 g/mol. The van der Waals surface area contributed by atoms with E-state index in [0.717, 1.165) is 6.42 Å². The molecule has 4 heteroatoms. The number of nitrogens with two attached hydrogens (primary N) is 1. The zero-order valence-corrected chi connectivity index (χ0v) is 10.4. The Morgan fingerprint density at radius 3 is 2.94 bits per heavy atom. The Morgan fingerprint density at radius 2 is 2.35 bits per heavy atom. The quantitative estimate of drug-likeness (QED) is 0.601. The SMILES string of the molecule is C#CCCCNC(=O)c1cc(N)cn1C(C)C. The molecule has 1 heterocycles. The standard InChI is InChI=1S/C13H19N3O/c1-4-5-6-7-15-13(17)12-8-11(14)9-16(12)10(2)3/h1,8-10H,5-7,14H2,2-3H3,(H,15,17). The van der Waals surface area contributed by atoms with Crippen LogP contribution in [-0.2, 0) is 0 Å². The summed E-state index contributed by atoms with van der Waals surface area (Å²) in [6, 6.07) is 1.90. The maximum atomic E-state index is 11.9. The van der Waals surface area contributed by atoms with Gasteiger partial charge in [-0.05, 0) is 26.3 Å². The number of carbonyl (C=O) groups excluding carboxylic acids is 1. The third kappa shape index (κ3) is 3.56. The van der Waals surface area contributed by atoms with E-state index >= 15 is 0 Å². The van der Waals surface area contributed by atoms with Gasteiger partial charge in [0.2, 0.25) is 0 Å². The number of amides is 1. The molecular formula is C13H19N3O. The zero-order chi connectivity index (χ0) is 12.8. The van der Waals surface area contributed by atoms with Crippen LogP contribution in [-0.4, -0.2) is 17.0 Å². The topological polar surface area (TPSA) is 60.1 Å². The van der Waals surface area contributed by atoms with E-state index in [1.54, 1.807) is 12.3 Å². The van der Waals surface area contributed by atoms with Crippen molar-refractivity contribution in [1.29, 1.82) is 0 Å². The molecule has 0 spiro atoms. The van der Waals surface area contributed by atoms with E-state index in [0.29, 0.717) is 24.3 Å². The number of carbonyl (C=O) groups is 1. The summed E-state index contributed by atoms with van der Waals surface area (Å²) >= 11 is 0. The second-order valence-corrected chi connectivity index (χ2v) is 4.22.